The van der Waals surface area contributed by atoms with Crippen LogP contribution in [0.4, 0.5) is 8.78 Å². The van der Waals surface area contributed by atoms with Gasteiger partial charge in [-0.15, -0.1) is 0 Å². The Morgan fingerprint density at radius 3 is 2.71 bits per heavy atom. The maximum atomic E-state index is 12.9. The first-order chi connectivity index (χ1) is 7.99. The first-order valence-corrected chi connectivity index (χ1v) is 5.35. The van der Waals surface area contributed by atoms with Crippen molar-refractivity contribution in [1.29, 1.82) is 0 Å². The molecule has 1 rings (SSSR count). The molecule has 0 bridgehead atoms. The Morgan fingerprint density at radius 1 is 1.41 bits per heavy atom. The zero-order chi connectivity index (χ0) is 12.8. The van der Waals surface area contributed by atoms with Crippen molar-refractivity contribution in [2.24, 2.45) is 5.92 Å². The summed E-state index contributed by atoms with van der Waals surface area (Å²) in [4.78, 5) is 10.4. The number of aliphatic carboxylic acids is 1. The number of carboxylic acid groups (broad SMARTS) is 1. The molecular weight excluding hydrogens is 228 g/mol. The molecule has 0 aromatic heterocycles. The predicted molar refractivity (Wildman–Crippen MR) is 59.5 cm³/mol. The number of carboxylic acids is 1. The summed E-state index contributed by atoms with van der Waals surface area (Å²) in [5.74, 6) is -2.58. The monoisotopic (exact) mass is 243 g/mol. The summed E-state index contributed by atoms with van der Waals surface area (Å²) >= 11 is 0. The molecular formula is C12H15F2NO2. The van der Waals surface area contributed by atoms with Gasteiger partial charge in [-0.1, -0.05) is 13.0 Å². The molecule has 3 nitrogen and oxygen atoms in total. The molecule has 0 aliphatic heterocycles. The van der Waals surface area contributed by atoms with Crippen molar-refractivity contribution in [3.8, 4) is 0 Å². The maximum Gasteiger partial charge on any atom is 0.303 e. The van der Waals surface area contributed by atoms with Crippen LogP contribution in [-0.2, 0) is 11.3 Å². The molecule has 1 aromatic carbocycles. The average Bonchev–Trinajstić information content (AvgIpc) is 2.22. The molecule has 1 aromatic rings. The second kappa shape index (κ2) is 6.30. The Bertz CT molecular complexity index is 396. The van der Waals surface area contributed by atoms with Gasteiger partial charge in [0.2, 0.25) is 0 Å². The molecule has 0 amide bonds. The third-order valence-electron chi connectivity index (χ3n) is 2.33. The largest absolute Gasteiger partial charge is 0.481 e. The number of hydrogen-bond donors (Lipinski definition) is 2. The number of rotatable bonds is 6. The third-order valence-corrected chi connectivity index (χ3v) is 2.33. The first-order valence-electron chi connectivity index (χ1n) is 5.35. The molecule has 0 saturated carbocycles. The third kappa shape index (κ3) is 4.91. The zero-order valence-corrected chi connectivity index (χ0v) is 9.54. The maximum absolute atomic E-state index is 12.9. The minimum absolute atomic E-state index is 0.00204. The van der Waals surface area contributed by atoms with E-state index < -0.39 is 17.6 Å². The molecule has 0 aliphatic carbocycles. The van der Waals surface area contributed by atoms with E-state index in [4.69, 9.17) is 5.11 Å². The van der Waals surface area contributed by atoms with Gasteiger partial charge in [0, 0.05) is 13.0 Å². The summed E-state index contributed by atoms with van der Waals surface area (Å²) in [6.07, 6.45) is 0.0881. The van der Waals surface area contributed by atoms with Gasteiger partial charge in [0.25, 0.3) is 0 Å². The van der Waals surface area contributed by atoms with E-state index in [1.807, 2.05) is 6.92 Å². The smallest absolute Gasteiger partial charge is 0.303 e. The number of carbonyl (C=O) groups is 1. The van der Waals surface area contributed by atoms with Crippen molar-refractivity contribution in [1.82, 2.24) is 5.32 Å². The van der Waals surface area contributed by atoms with Crippen LogP contribution in [0.5, 0.6) is 0 Å². The zero-order valence-electron chi connectivity index (χ0n) is 9.54. The summed E-state index contributed by atoms with van der Waals surface area (Å²) < 4.78 is 25.5. The summed E-state index contributed by atoms with van der Waals surface area (Å²) in [5, 5.41) is 11.5. The molecule has 2 N–H and O–H groups in total. The SMILES string of the molecule is CC(CNCc1ccc(F)c(F)c1)CC(=O)O. The Balaban J connectivity index is 2.35. The average molecular weight is 243 g/mol. The minimum atomic E-state index is -0.872. The lowest BCUT2D eigenvalue weighted by molar-refractivity contribution is -0.137. The summed E-state index contributed by atoms with van der Waals surface area (Å²) in [6.45, 7) is 2.72. The summed E-state index contributed by atoms with van der Waals surface area (Å²) in [6, 6.07) is 3.70. The van der Waals surface area contributed by atoms with Crippen molar-refractivity contribution < 1.29 is 18.7 Å². The highest BCUT2D eigenvalue weighted by atomic mass is 19.2. The Hall–Kier alpha value is -1.49. The van der Waals surface area contributed by atoms with Crippen LogP contribution in [0.2, 0.25) is 0 Å². The van der Waals surface area contributed by atoms with E-state index in [1.54, 1.807) is 0 Å². The van der Waals surface area contributed by atoms with Gasteiger partial charge in [-0.3, -0.25) is 4.79 Å². The standard InChI is InChI=1S/C12H15F2NO2/c1-8(4-12(16)17)6-15-7-9-2-3-10(13)11(14)5-9/h2-3,5,8,15H,4,6-7H2,1H3,(H,16,17). The molecule has 17 heavy (non-hydrogen) atoms. The van der Waals surface area contributed by atoms with Crippen molar-refractivity contribution in [3.05, 3.63) is 35.4 Å². The van der Waals surface area contributed by atoms with Crippen LogP contribution in [-0.4, -0.2) is 17.6 Å². The lowest BCUT2D eigenvalue weighted by atomic mass is 10.1. The van der Waals surface area contributed by atoms with Crippen molar-refractivity contribution in [2.75, 3.05) is 6.54 Å². The Labute approximate surface area is 98.5 Å². The number of benzene rings is 1. The van der Waals surface area contributed by atoms with Gasteiger partial charge >= 0.3 is 5.97 Å². The lowest BCUT2D eigenvalue weighted by Crippen LogP contribution is -2.22. The fraction of sp³-hybridized carbons (Fsp3) is 0.417. The molecule has 1 atom stereocenters. The topological polar surface area (TPSA) is 49.3 Å². The van der Waals surface area contributed by atoms with Gasteiger partial charge < -0.3 is 10.4 Å². The van der Waals surface area contributed by atoms with Crippen LogP contribution in [0.15, 0.2) is 18.2 Å². The van der Waals surface area contributed by atoms with Gasteiger partial charge in [0.1, 0.15) is 0 Å². The molecule has 94 valence electrons. The van der Waals surface area contributed by atoms with E-state index in [-0.39, 0.29) is 12.3 Å². The highest BCUT2D eigenvalue weighted by Crippen LogP contribution is 2.08. The van der Waals surface area contributed by atoms with E-state index in [2.05, 4.69) is 5.32 Å². The van der Waals surface area contributed by atoms with Crippen molar-refractivity contribution in [2.45, 2.75) is 19.9 Å². The van der Waals surface area contributed by atoms with E-state index in [0.29, 0.717) is 18.7 Å². The second-order valence-corrected chi connectivity index (χ2v) is 4.08. The summed E-state index contributed by atoms with van der Waals surface area (Å²) in [5.41, 5.74) is 0.631. The molecule has 0 fully saturated rings. The normalized spacial score (nSPS) is 12.4. The van der Waals surface area contributed by atoms with Crippen molar-refractivity contribution >= 4 is 5.97 Å². The van der Waals surface area contributed by atoms with Crippen LogP contribution in [0.1, 0.15) is 18.9 Å². The second-order valence-electron chi connectivity index (χ2n) is 4.08. The molecule has 0 spiro atoms. The molecule has 0 heterocycles. The highest BCUT2D eigenvalue weighted by Gasteiger charge is 2.07. The lowest BCUT2D eigenvalue weighted by Gasteiger charge is -2.10. The Morgan fingerprint density at radius 2 is 2.12 bits per heavy atom. The first kappa shape index (κ1) is 13.6. The van der Waals surface area contributed by atoms with Crippen LogP contribution >= 0.6 is 0 Å². The molecule has 5 heteroatoms. The van der Waals surface area contributed by atoms with Crippen molar-refractivity contribution in [3.63, 3.8) is 0 Å². The molecule has 0 aliphatic rings. The Kier molecular flexibility index (Phi) is 5.03. The molecule has 1 unspecified atom stereocenters. The van der Waals surface area contributed by atoms with Gasteiger partial charge in [-0.25, -0.2) is 8.78 Å². The highest BCUT2D eigenvalue weighted by molar-refractivity contribution is 5.66. The summed E-state index contributed by atoms with van der Waals surface area (Å²) in [7, 11) is 0. The van der Waals surface area contributed by atoms with E-state index in [9.17, 15) is 13.6 Å². The van der Waals surface area contributed by atoms with Crippen LogP contribution in [0.25, 0.3) is 0 Å². The predicted octanol–water partition coefficient (Wildman–Crippen LogP) is 2.17. The van der Waals surface area contributed by atoms with E-state index in [0.717, 1.165) is 12.1 Å². The van der Waals surface area contributed by atoms with E-state index in [1.165, 1.54) is 6.07 Å². The van der Waals surface area contributed by atoms with Crippen LogP contribution < -0.4 is 5.32 Å². The fourth-order valence-corrected chi connectivity index (χ4v) is 1.48. The van der Waals surface area contributed by atoms with Gasteiger partial charge in [0.05, 0.1) is 0 Å². The fourth-order valence-electron chi connectivity index (χ4n) is 1.48. The minimum Gasteiger partial charge on any atom is -0.481 e. The van der Waals surface area contributed by atoms with E-state index >= 15 is 0 Å². The number of hydrogen-bond acceptors (Lipinski definition) is 2. The number of halogens is 2. The quantitative estimate of drug-likeness (QED) is 0.805. The molecule has 0 saturated heterocycles. The van der Waals surface area contributed by atoms with Crippen LogP contribution in [0.3, 0.4) is 0 Å². The van der Waals surface area contributed by atoms with Gasteiger partial charge in [0.15, 0.2) is 11.6 Å². The van der Waals surface area contributed by atoms with Gasteiger partial charge in [-0.2, -0.15) is 0 Å². The number of nitrogens with one attached hydrogen (secondary N) is 1. The molecule has 0 radical (unpaired) electrons. The van der Waals surface area contributed by atoms with Crippen LogP contribution in [0, 0.1) is 17.6 Å². The van der Waals surface area contributed by atoms with Gasteiger partial charge in [-0.05, 0) is 30.2 Å².